The van der Waals surface area contributed by atoms with E-state index in [0.717, 1.165) is 17.1 Å². The van der Waals surface area contributed by atoms with Crippen LogP contribution in [0.15, 0.2) is 35.5 Å². The van der Waals surface area contributed by atoms with Gasteiger partial charge >= 0.3 is 0 Å². The van der Waals surface area contributed by atoms with Crippen molar-refractivity contribution in [2.75, 3.05) is 18.1 Å². The van der Waals surface area contributed by atoms with Gasteiger partial charge in [-0.3, -0.25) is 4.79 Å². The second-order valence-electron chi connectivity index (χ2n) is 5.22. The van der Waals surface area contributed by atoms with Gasteiger partial charge in [0.2, 0.25) is 5.91 Å². The minimum atomic E-state index is -0.608. The van der Waals surface area contributed by atoms with Crippen LogP contribution in [0.25, 0.3) is 0 Å². The van der Waals surface area contributed by atoms with Gasteiger partial charge in [0.25, 0.3) is 0 Å². The smallest absolute Gasteiger partial charge is 0.234 e. The van der Waals surface area contributed by atoms with Gasteiger partial charge in [0.1, 0.15) is 5.92 Å². The number of hydrogen-bond acceptors (Lipinski definition) is 4. The molecule has 1 aliphatic heterocycles. The second kappa shape index (κ2) is 7.36. The molecule has 0 saturated carbocycles. The number of benzene rings is 1. The summed E-state index contributed by atoms with van der Waals surface area (Å²) in [6.45, 7) is 2.75. The summed E-state index contributed by atoms with van der Waals surface area (Å²) in [5, 5.41) is 12.1. The zero-order chi connectivity index (χ0) is 15.2. The SMILES string of the molecule is CC1CSCCN1C(=O)C(Cc1ccccc1)C(N)=NO. The highest BCUT2D eigenvalue weighted by atomic mass is 32.2. The highest BCUT2D eigenvalue weighted by Gasteiger charge is 2.32. The summed E-state index contributed by atoms with van der Waals surface area (Å²) >= 11 is 1.85. The molecule has 5 nitrogen and oxygen atoms in total. The molecule has 1 fully saturated rings. The zero-order valence-electron chi connectivity index (χ0n) is 12.1. The van der Waals surface area contributed by atoms with Crippen molar-refractivity contribution < 1.29 is 10.0 Å². The molecule has 1 aromatic carbocycles. The highest BCUT2D eigenvalue weighted by Crippen LogP contribution is 2.20. The van der Waals surface area contributed by atoms with E-state index in [9.17, 15) is 4.79 Å². The second-order valence-corrected chi connectivity index (χ2v) is 6.37. The summed E-state index contributed by atoms with van der Waals surface area (Å²) in [6, 6.07) is 9.84. The quantitative estimate of drug-likeness (QED) is 0.383. The Labute approximate surface area is 129 Å². The number of rotatable bonds is 4. The molecule has 1 heterocycles. The van der Waals surface area contributed by atoms with Crippen molar-refractivity contribution >= 4 is 23.5 Å². The predicted octanol–water partition coefficient (Wildman–Crippen LogP) is 1.56. The fraction of sp³-hybridized carbons (Fsp3) is 0.467. The number of amides is 1. The van der Waals surface area contributed by atoms with Gasteiger partial charge in [0.15, 0.2) is 5.84 Å². The first-order valence-electron chi connectivity index (χ1n) is 7.03. The molecule has 2 unspecified atom stereocenters. The van der Waals surface area contributed by atoms with Gasteiger partial charge in [0, 0.05) is 24.1 Å². The number of carbonyl (C=O) groups is 1. The zero-order valence-corrected chi connectivity index (χ0v) is 12.9. The lowest BCUT2D eigenvalue weighted by molar-refractivity contribution is -0.134. The van der Waals surface area contributed by atoms with Crippen molar-refractivity contribution in [1.29, 1.82) is 0 Å². The number of nitrogens with zero attached hydrogens (tertiary/aromatic N) is 2. The highest BCUT2D eigenvalue weighted by molar-refractivity contribution is 7.99. The first-order valence-corrected chi connectivity index (χ1v) is 8.18. The third kappa shape index (κ3) is 3.91. The van der Waals surface area contributed by atoms with Crippen LogP contribution in [0.5, 0.6) is 0 Å². The molecule has 0 radical (unpaired) electrons. The molecule has 1 saturated heterocycles. The van der Waals surface area contributed by atoms with Crippen LogP contribution < -0.4 is 5.73 Å². The van der Waals surface area contributed by atoms with E-state index in [-0.39, 0.29) is 17.8 Å². The van der Waals surface area contributed by atoms with E-state index in [1.807, 2.05) is 53.9 Å². The number of carbonyl (C=O) groups excluding carboxylic acids is 1. The Morgan fingerprint density at radius 3 is 2.86 bits per heavy atom. The van der Waals surface area contributed by atoms with E-state index in [0.29, 0.717) is 13.0 Å². The van der Waals surface area contributed by atoms with E-state index in [2.05, 4.69) is 5.16 Å². The van der Waals surface area contributed by atoms with Crippen LogP contribution in [0.1, 0.15) is 12.5 Å². The average Bonchev–Trinajstić information content (AvgIpc) is 2.53. The lowest BCUT2D eigenvalue weighted by Crippen LogP contribution is -2.50. The lowest BCUT2D eigenvalue weighted by atomic mass is 9.96. The van der Waals surface area contributed by atoms with Crippen molar-refractivity contribution in [3.8, 4) is 0 Å². The Morgan fingerprint density at radius 2 is 2.24 bits per heavy atom. The summed E-state index contributed by atoms with van der Waals surface area (Å²) in [4.78, 5) is 14.6. The predicted molar refractivity (Wildman–Crippen MR) is 85.5 cm³/mol. The molecule has 0 aromatic heterocycles. The molecule has 1 aromatic rings. The largest absolute Gasteiger partial charge is 0.409 e. The Bertz CT molecular complexity index is 507. The summed E-state index contributed by atoms with van der Waals surface area (Å²) in [5.41, 5.74) is 6.77. The molecule has 1 amide bonds. The van der Waals surface area contributed by atoms with E-state index in [1.165, 1.54) is 0 Å². The standard InChI is InChI=1S/C15H21N3O2S/c1-11-10-21-8-7-18(11)15(19)13(14(16)17-20)9-12-5-3-2-4-6-12/h2-6,11,13,20H,7-10H2,1H3,(H2,16,17). The van der Waals surface area contributed by atoms with Crippen LogP contribution in [0.4, 0.5) is 0 Å². The van der Waals surface area contributed by atoms with E-state index in [4.69, 9.17) is 10.9 Å². The van der Waals surface area contributed by atoms with Gasteiger partial charge in [-0.15, -0.1) is 0 Å². The van der Waals surface area contributed by atoms with Crippen molar-refractivity contribution in [3.63, 3.8) is 0 Å². The van der Waals surface area contributed by atoms with Gasteiger partial charge < -0.3 is 15.8 Å². The molecule has 0 spiro atoms. The number of nitrogens with two attached hydrogens (primary N) is 1. The molecule has 0 bridgehead atoms. The van der Waals surface area contributed by atoms with Crippen molar-refractivity contribution in [1.82, 2.24) is 4.90 Å². The first kappa shape index (κ1) is 15.7. The number of thioether (sulfide) groups is 1. The van der Waals surface area contributed by atoms with Crippen LogP contribution in [-0.4, -0.2) is 45.9 Å². The molecule has 21 heavy (non-hydrogen) atoms. The minimum Gasteiger partial charge on any atom is -0.409 e. The van der Waals surface area contributed by atoms with Crippen molar-refractivity contribution in [2.45, 2.75) is 19.4 Å². The summed E-state index contributed by atoms with van der Waals surface area (Å²) < 4.78 is 0. The third-order valence-corrected chi connectivity index (χ3v) is 4.89. The van der Waals surface area contributed by atoms with Crippen LogP contribution in [0.3, 0.4) is 0 Å². The fourth-order valence-electron chi connectivity index (χ4n) is 2.49. The Morgan fingerprint density at radius 1 is 1.52 bits per heavy atom. The van der Waals surface area contributed by atoms with E-state index < -0.39 is 5.92 Å². The number of amidine groups is 1. The number of oxime groups is 1. The Balaban J connectivity index is 2.17. The third-order valence-electron chi connectivity index (χ3n) is 3.70. The molecule has 114 valence electrons. The van der Waals surface area contributed by atoms with Gasteiger partial charge in [-0.25, -0.2) is 0 Å². The van der Waals surface area contributed by atoms with Gasteiger partial charge in [-0.05, 0) is 18.9 Å². The molecule has 2 atom stereocenters. The van der Waals surface area contributed by atoms with E-state index in [1.54, 1.807) is 0 Å². The van der Waals surface area contributed by atoms with Crippen molar-refractivity contribution in [2.24, 2.45) is 16.8 Å². The van der Waals surface area contributed by atoms with Crippen LogP contribution in [-0.2, 0) is 11.2 Å². The maximum Gasteiger partial charge on any atom is 0.234 e. The molecular weight excluding hydrogens is 286 g/mol. The molecule has 6 heteroatoms. The van der Waals surface area contributed by atoms with E-state index >= 15 is 0 Å². The minimum absolute atomic E-state index is 0.0192. The average molecular weight is 307 g/mol. The topological polar surface area (TPSA) is 78.9 Å². The molecule has 1 aliphatic rings. The van der Waals surface area contributed by atoms with Crippen LogP contribution in [0, 0.1) is 5.92 Å². The van der Waals surface area contributed by atoms with Gasteiger partial charge in [-0.1, -0.05) is 35.5 Å². The molecule has 2 rings (SSSR count). The molecule has 3 N–H and O–H groups in total. The normalized spacial score (nSPS) is 21.1. The lowest BCUT2D eigenvalue weighted by Gasteiger charge is -2.35. The maximum absolute atomic E-state index is 12.8. The van der Waals surface area contributed by atoms with Crippen LogP contribution >= 0.6 is 11.8 Å². The van der Waals surface area contributed by atoms with Crippen LogP contribution in [0.2, 0.25) is 0 Å². The molecular formula is C15H21N3O2S. The summed E-state index contributed by atoms with van der Waals surface area (Å²) in [7, 11) is 0. The van der Waals surface area contributed by atoms with Gasteiger partial charge in [-0.2, -0.15) is 11.8 Å². The molecule has 0 aliphatic carbocycles. The number of hydrogen-bond donors (Lipinski definition) is 2. The monoisotopic (exact) mass is 307 g/mol. The maximum atomic E-state index is 12.8. The van der Waals surface area contributed by atoms with Gasteiger partial charge in [0.05, 0.1) is 0 Å². The van der Waals surface area contributed by atoms with Crippen molar-refractivity contribution in [3.05, 3.63) is 35.9 Å². The Hall–Kier alpha value is -1.69. The Kier molecular flexibility index (Phi) is 5.50. The summed E-state index contributed by atoms with van der Waals surface area (Å²) in [6.07, 6.45) is 0.450. The fourth-order valence-corrected chi connectivity index (χ4v) is 3.51. The first-order chi connectivity index (χ1) is 10.1. The summed E-state index contributed by atoms with van der Waals surface area (Å²) in [5.74, 6) is 1.18.